The van der Waals surface area contributed by atoms with Gasteiger partial charge in [-0.25, -0.2) is 0 Å². The number of nitrogens with two attached hydrogens (primary N) is 1. The lowest BCUT2D eigenvalue weighted by molar-refractivity contribution is -0.118. The van der Waals surface area contributed by atoms with E-state index in [1.54, 1.807) is 12.1 Å². The molecule has 0 aliphatic heterocycles. The van der Waals surface area contributed by atoms with Gasteiger partial charge in [0.25, 0.3) is 0 Å². The highest BCUT2D eigenvalue weighted by Gasteiger charge is 2.11. The number of benzene rings is 1. The molecule has 0 atom stereocenters. The van der Waals surface area contributed by atoms with Gasteiger partial charge in [0.15, 0.2) is 0 Å². The summed E-state index contributed by atoms with van der Waals surface area (Å²) in [6, 6.07) is 5.34. The molecule has 6 heteroatoms. The van der Waals surface area contributed by atoms with Crippen molar-refractivity contribution in [3.8, 4) is 0 Å². The summed E-state index contributed by atoms with van der Waals surface area (Å²) >= 11 is 2.22. The number of carbonyl (C=O) groups is 2. The van der Waals surface area contributed by atoms with Crippen LogP contribution in [0.4, 0.5) is 0 Å². The van der Waals surface area contributed by atoms with Crippen molar-refractivity contribution in [2.24, 2.45) is 5.73 Å². The van der Waals surface area contributed by atoms with Crippen LogP contribution in [0.15, 0.2) is 18.2 Å². The maximum absolute atomic E-state index is 11.2. The van der Waals surface area contributed by atoms with E-state index in [0.717, 1.165) is 20.2 Å². The Kier molecular flexibility index (Phi) is 4.08. The summed E-state index contributed by atoms with van der Waals surface area (Å²) in [4.78, 5) is 25.4. The van der Waals surface area contributed by atoms with Crippen molar-refractivity contribution < 1.29 is 9.59 Å². The minimum Gasteiger partial charge on any atom is -0.366 e. The van der Waals surface area contributed by atoms with Gasteiger partial charge < -0.3 is 16.0 Å². The molecule has 2 rings (SSSR count). The summed E-state index contributed by atoms with van der Waals surface area (Å²) in [6.45, 7) is 2.06. The minimum absolute atomic E-state index is 0.0484. The third-order valence-corrected chi connectivity index (χ3v) is 3.81. The Hall–Kier alpha value is -1.57. The van der Waals surface area contributed by atoms with Gasteiger partial charge in [0, 0.05) is 29.9 Å². The quantitative estimate of drug-likeness (QED) is 0.713. The van der Waals surface area contributed by atoms with E-state index in [-0.39, 0.29) is 5.91 Å². The van der Waals surface area contributed by atoms with E-state index in [4.69, 9.17) is 5.73 Å². The zero-order valence-corrected chi connectivity index (χ0v) is 12.6. The number of nitrogens with one attached hydrogen (secondary N) is 2. The number of halogens is 1. The molecule has 0 radical (unpaired) electrons. The summed E-state index contributed by atoms with van der Waals surface area (Å²) in [5.74, 6) is -0.487. The highest BCUT2D eigenvalue weighted by atomic mass is 127. The number of hydrogen-bond acceptors (Lipinski definition) is 2. The molecule has 0 aliphatic carbocycles. The van der Waals surface area contributed by atoms with Crippen LogP contribution in [0, 0.1) is 3.70 Å². The van der Waals surface area contributed by atoms with Gasteiger partial charge in [-0.15, -0.1) is 0 Å². The van der Waals surface area contributed by atoms with Crippen molar-refractivity contribution in [3.63, 3.8) is 0 Å². The van der Waals surface area contributed by atoms with Gasteiger partial charge in [0.05, 0.1) is 3.70 Å². The van der Waals surface area contributed by atoms with Crippen LogP contribution in [0.1, 0.15) is 22.8 Å². The largest absolute Gasteiger partial charge is 0.366 e. The highest BCUT2D eigenvalue weighted by molar-refractivity contribution is 14.1. The summed E-state index contributed by atoms with van der Waals surface area (Å²) < 4.78 is 1.01. The normalized spacial score (nSPS) is 10.6. The number of carbonyl (C=O) groups excluding carboxylic acids is 2. The van der Waals surface area contributed by atoms with Gasteiger partial charge in [0.1, 0.15) is 0 Å². The van der Waals surface area contributed by atoms with E-state index < -0.39 is 5.91 Å². The first-order chi connectivity index (χ1) is 8.99. The summed E-state index contributed by atoms with van der Waals surface area (Å²) in [5.41, 5.74) is 7.84. The average molecular weight is 371 g/mol. The van der Waals surface area contributed by atoms with Crippen molar-refractivity contribution in [1.29, 1.82) is 0 Å². The molecule has 0 bridgehead atoms. The standard InChI is InChI=1S/C13H14IN3O2/c1-7(18)16-5-4-9-10-6-8(13(15)19)2-3-11(10)17-12(9)14/h2-3,6,17H,4-5H2,1H3,(H2,15,19)(H,16,18). The number of aromatic nitrogens is 1. The van der Waals surface area contributed by atoms with E-state index in [2.05, 4.69) is 32.9 Å². The zero-order chi connectivity index (χ0) is 14.0. The molecule has 0 saturated heterocycles. The lowest BCUT2D eigenvalue weighted by atomic mass is 10.1. The molecule has 5 nitrogen and oxygen atoms in total. The number of amides is 2. The lowest BCUT2D eigenvalue weighted by Crippen LogP contribution is -2.22. The second-order valence-electron chi connectivity index (χ2n) is 4.28. The van der Waals surface area contributed by atoms with Gasteiger partial charge >= 0.3 is 0 Å². The Morgan fingerprint density at radius 3 is 2.79 bits per heavy atom. The second kappa shape index (κ2) is 5.60. The smallest absolute Gasteiger partial charge is 0.248 e. The molecule has 4 N–H and O–H groups in total. The summed E-state index contributed by atoms with van der Waals surface area (Å²) in [5, 5.41) is 3.74. The molecule has 1 aromatic heterocycles. The third-order valence-electron chi connectivity index (χ3n) is 2.89. The van der Waals surface area contributed by atoms with E-state index in [0.29, 0.717) is 18.5 Å². The molecule has 0 fully saturated rings. The average Bonchev–Trinajstić information content (AvgIpc) is 2.64. The predicted octanol–water partition coefficient (Wildman–Crippen LogP) is 1.55. The molecular formula is C13H14IN3O2. The van der Waals surface area contributed by atoms with Crippen LogP contribution < -0.4 is 11.1 Å². The van der Waals surface area contributed by atoms with Gasteiger partial charge in [-0.2, -0.15) is 0 Å². The number of primary amides is 1. The Balaban J connectivity index is 2.35. The van der Waals surface area contributed by atoms with Gasteiger partial charge in [0.2, 0.25) is 11.8 Å². The number of fused-ring (bicyclic) bond motifs is 1. The van der Waals surface area contributed by atoms with E-state index in [1.807, 2.05) is 6.07 Å². The Morgan fingerprint density at radius 1 is 1.42 bits per heavy atom. The molecule has 0 saturated carbocycles. The summed E-state index contributed by atoms with van der Waals surface area (Å²) in [6.07, 6.45) is 0.708. The zero-order valence-electron chi connectivity index (χ0n) is 10.4. The SMILES string of the molecule is CC(=O)NCCc1c(I)[nH]c2ccc(C(N)=O)cc12. The number of H-pyrrole nitrogens is 1. The summed E-state index contributed by atoms with van der Waals surface area (Å²) in [7, 11) is 0. The molecule has 100 valence electrons. The van der Waals surface area contributed by atoms with E-state index >= 15 is 0 Å². The maximum Gasteiger partial charge on any atom is 0.248 e. The highest BCUT2D eigenvalue weighted by Crippen LogP contribution is 2.25. The predicted molar refractivity (Wildman–Crippen MR) is 81.9 cm³/mol. The molecule has 1 heterocycles. The van der Waals surface area contributed by atoms with Crippen molar-refractivity contribution in [1.82, 2.24) is 10.3 Å². The molecule has 0 unspecified atom stereocenters. The van der Waals surface area contributed by atoms with E-state index in [1.165, 1.54) is 6.92 Å². The Morgan fingerprint density at radius 2 is 2.16 bits per heavy atom. The third kappa shape index (κ3) is 3.06. The first kappa shape index (κ1) is 13.9. The van der Waals surface area contributed by atoms with Crippen molar-refractivity contribution in [3.05, 3.63) is 33.0 Å². The van der Waals surface area contributed by atoms with Crippen LogP contribution in [0.3, 0.4) is 0 Å². The molecule has 0 aliphatic rings. The molecule has 0 spiro atoms. The van der Waals surface area contributed by atoms with Crippen molar-refractivity contribution in [2.75, 3.05) is 6.54 Å². The lowest BCUT2D eigenvalue weighted by Gasteiger charge is -2.03. The topological polar surface area (TPSA) is 88.0 Å². The fraction of sp³-hybridized carbons (Fsp3) is 0.231. The number of rotatable bonds is 4. The molecule has 2 amide bonds. The molecule has 1 aromatic carbocycles. The first-order valence-corrected chi connectivity index (χ1v) is 6.91. The van der Waals surface area contributed by atoms with Crippen LogP contribution in [0.2, 0.25) is 0 Å². The van der Waals surface area contributed by atoms with Crippen LogP contribution in [-0.4, -0.2) is 23.3 Å². The van der Waals surface area contributed by atoms with Crippen LogP contribution in [0.5, 0.6) is 0 Å². The minimum atomic E-state index is -0.439. The number of aromatic amines is 1. The Labute approximate surface area is 124 Å². The van der Waals surface area contributed by atoms with Gasteiger partial charge in [-0.1, -0.05) is 0 Å². The van der Waals surface area contributed by atoms with Crippen molar-refractivity contribution >= 4 is 45.3 Å². The van der Waals surface area contributed by atoms with Crippen molar-refractivity contribution in [2.45, 2.75) is 13.3 Å². The Bertz CT molecular complexity index is 649. The van der Waals surface area contributed by atoms with Crippen LogP contribution in [-0.2, 0) is 11.2 Å². The van der Waals surface area contributed by atoms with Gasteiger partial charge in [-0.05, 0) is 52.8 Å². The monoisotopic (exact) mass is 371 g/mol. The first-order valence-electron chi connectivity index (χ1n) is 5.83. The van der Waals surface area contributed by atoms with Crippen LogP contribution in [0.25, 0.3) is 10.9 Å². The fourth-order valence-corrected chi connectivity index (χ4v) is 2.83. The second-order valence-corrected chi connectivity index (χ2v) is 5.35. The molecule has 19 heavy (non-hydrogen) atoms. The van der Waals surface area contributed by atoms with Gasteiger partial charge in [-0.3, -0.25) is 9.59 Å². The van der Waals surface area contributed by atoms with E-state index in [9.17, 15) is 9.59 Å². The molecular weight excluding hydrogens is 357 g/mol. The molecule has 2 aromatic rings. The fourth-order valence-electron chi connectivity index (χ4n) is 1.98. The van der Waals surface area contributed by atoms with Crippen LogP contribution >= 0.6 is 22.6 Å². The number of hydrogen-bond donors (Lipinski definition) is 3. The maximum atomic E-state index is 11.2.